The molecule has 0 aliphatic heterocycles. The molecule has 2 aliphatic rings. The molecule has 0 aromatic carbocycles. The molecule has 2 N–H and O–H groups in total. The molecular weight excluding hydrogens is 300 g/mol. The average Bonchev–Trinajstić information content (AvgIpc) is 2.87. The maximum Gasteiger partial charge on any atom is 0.0880 e. The SMILES string of the molecule is C=C1CC[C@@H](C(C)CCC(O)C(C)(C)OC)[C@@H](O)[C@@H]2C(C)=CC[C@@H]12. The Morgan fingerprint density at radius 2 is 2.04 bits per heavy atom. The third kappa shape index (κ3) is 3.95. The molecule has 0 bridgehead atoms. The molecule has 6 atom stereocenters. The van der Waals surface area contributed by atoms with Gasteiger partial charge in [-0.05, 0) is 70.6 Å². The maximum atomic E-state index is 11.1. The molecule has 0 aromatic heterocycles. The van der Waals surface area contributed by atoms with Crippen LogP contribution in [0, 0.1) is 23.7 Å². The van der Waals surface area contributed by atoms with Crippen molar-refractivity contribution in [2.45, 2.75) is 77.6 Å². The van der Waals surface area contributed by atoms with Gasteiger partial charge in [-0.1, -0.05) is 30.7 Å². The Morgan fingerprint density at radius 3 is 2.67 bits per heavy atom. The Balaban J connectivity index is 2.02. The van der Waals surface area contributed by atoms with E-state index in [1.165, 1.54) is 11.1 Å². The highest BCUT2D eigenvalue weighted by molar-refractivity contribution is 5.24. The summed E-state index contributed by atoms with van der Waals surface area (Å²) in [5.74, 6) is 1.32. The van der Waals surface area contributed by atoms with E-state index >= 15 is 0 Å². The van der Waals surface area contributed by atoms with Crippen LogP contribution in [-0.2, 0) is 4.74 Å². The van der Waals surface area contributed by atoms with Gasteiger partial charge in [0, 0.05) is 13.0 Å². The van der Waals surface area contributed by atoms with E-state index < -0.39 is 11.7 Å². The van der Waals surface area contributed by atoms with Crippen molar-refractivity contribution < 1.29 is 14.9 Å². The lowest BCUT2D eigenvalue weighted by Gasteiger charge is -2.34. The minimum atomic E-state index is -0.522. The third-order valence-corrected chi connectivity index (χ3v) is 6.74. The standard InChI is InChI=1S/C21H36O3/c1-13-7-11-17(20(23)19-15(3)8-10-16(13)19)14(2)9-12-18(22)21(4,5)24-6/h8,14,16-20,22-23H,1,7,9-12H2,2-6H3/t14?,16-,17-,18?,19+,20+/m0/s1. The Bertz CT molecular complexity index is 479. The molecule has 0 heterocycles. The number of hydrogen-bond donors (Lipinski definition) is 2. The molecular formula is C21H36O3. The molecule has 1 fully saturated rings. The fourth-order valence-electron chi connectivity index (χ4n) is 4.55. The smallest absolute Gasteiger partial charge is 0.0880 e. The Hall–Kier alpha value is -0.640. The Kier molecular flexibility index (Phi) is 6.33. The third-order valence-electron chi connectivity index (χ3n) is 6.74. The molecule has 2 unspecified atom stereocenters. The van der Waals surface area contributed by atoms with Gasteiger partial charge in [0.15, 0.2) is 0 Å². The van der Waals surface area contributed by atoms with E-state index in [2.05, 4.69) is 26.5 Å². The van der Waals surface area contributed by atoms with Crippen LogP contribution in [0.25, 0.3) is 0 Å². The molecule has 0 saturated heterocycles. The topological polar surface area (TPSA) is 49.7 Å². The number of ether oxygens (including phenoxy) is 1. The first-order valence-electron chi connectivity index (χ1n) is 9.44. The molecule has 24 heavy (non-hydrogen) atoms. The maximum absolute atomic E-state index is 11.1. The number of methoxy groups -OCH3 is 1. The molecule has 2 rings (SSSR count). The predicted molar refractivity (Wildman–Crippen MR) is 98.7 cm³/mol. The number of hydrogen-bond acceptors (Lipinski definition) is 3. The van der Waals surface area contributed by atoms with Crippen LogP contribution >= 0.6 is 0 Å². The molecule has 3 nitrogen and oxygen atoms in total. The highest BCUT2D eigenvalue weighted by Crippen LogP contribution is 2.47. The van der Waals surface area contributed by atoms with Crippen LogP contribution < -0.4 is 0 Å². The van der Waals surface area contributed by atoms with Crippen molar-refractivity contribution in [3.63, 3.8) is 0 Å². The molecule has 0 aromatic rings. The largest absolute Gasteiger partial charge is 0.392 e. The van der Waals surface area contributed by atoms with E-state index in [0.717, 1.165) is 25.7 Å². The molecule has 1 saturated carbocycles. The zero-order chi connectivity index (χ0) is 18.1. The van der Waals surface area contributed by atoms with Crippen LogP contribution in [-0.4, -0.2) is 35.1 Å². The Morgan fingerprint density at radius 1 is 1.38 bits per heavy atom. The van der Waals surface area contributed by atoms with E-state index in [0.29, 0.717) is 18.3 Å². The second-order valence-electron chi connectivity index (χ2n) is 8.55. The minimum Gasteiger partial charge on any atom is -0.392 e. The van der Waals surface area contributed by atoms with E-state index in [1.807, 2.05) is 13.8 Å². The van der Waals surface area contributed by atoms with Crippen molar-refractivity contribution in [3.05, 3.63) is 23.8 Å². The van der Waals surface area contributed by atoms with Crippen LogP contribution in [0.2, 0.25) is 0 Å². The van der Waals surface area contributed by atoms with Crippen LogP contribution in [0.15, 0.2) is 23.8 Å². The number of allylic oxidation sites excluding steroid dienone is 2. The molecule has 3 heteroatoms. The normalized spacial score (nSPS) is 33.6. The van der Waals surface area contributed by atoms with Crippen LogP contribution in [0.3, 0.4) is 0 Å². The lowest BCUT2D eigenvalue weighted by atomic mass is 9.76. The van der Waals surface area contributed by atoms with Crippen molar-refractivity contribution in [2.24, 2.45) is 23.7 Å². The molecule has 2 aliphatic carbocycles. The summed E-state index contributed by atoms with van der Waals surface area (Å²) in [6, 6.07) is 0. The number of fused-ring (bicyclic) bond motifs is 1. The average molecular weight is 337 g/mol. The Labute approximate surface area is 147 Å². The highest BCUT2D eigenvalue weighted by atomic mass is 16.5. The van der Waals surface area contributed by atoms with Crippen molar-refractivity contribution in [1.29, 1.82) is 0 Å². The van der Waals surface area contributed by atoms with Gasteiger partial charge in [0.1, 0.15) is 0 Å². The first-order chi connectivity index (χ1) is 11.2. The zero-order valence-electron chi connectivity index (χ0n) is 16.1. The monoisotopic (exact) mass is 336 g/mol. The van der Waals surface area contributed by atoms with E-state index in [4.69, 9.17) is 4.74 Å². The predicted octanol–water partition coefficient (Wildman–Crippen LogP) is 4.10. The van der Waals surface area contributed by atoms with Gasteiger partial charge >= 0.3 is 0 Å². The van der Waals surface area contributed by atoms with Gasteiger partial charge < -0.3 is 14.9 Å². The summed E-state index contributed by atoms with van der Waals surface area (Å²) in [4.78, 5) is 0. The number of aliphatic hydroxyl groups is 2. The van der Waals surface area contributed by atoms with Crippen LogP contribution in [0.4, 0.5) is 0 Å². The number of rotatable bonds is 6. The summed E-state index contributed by atoms with van der Waals surface area (Å²) in [7, 11) is 1.64. The van der Waals surface area contributed by atoms with Gasteiger partial charge in [0.2, 0.25) is 0 Å². The van der Waals surface area contributed by atoms with Gasteiger partial charge in [-0.3, -0.25) is 0 Å². The molecule has 138 valence electrons. The summed E-state index contributed by atoms with van der Waals surface area (Å²) in [5, 5.41) is 21.4. The summed E-state index contributed by atoms with van der Waals surface area (Å²) in [5.41, 5.74) is 2.11. The zero-order valence-corrected chi connectivity index (χ0v) is 16.1. The van der Waals surface area contributed by atoms with E-state index in [9.17, 15) is 10.2 Å². The molecule has 0 radical (unpaired) electrons. The van der Waals surface area contributed by atoms with Crippen molar-refractivity contribution in [2.75, 3.05) is 7.11 Å². The summed E-state index contributed by atoms with van der Waals surface area (Å²) in [6.07, 6.45) is 6.16. The fraction of sp³-hybridized carbons (Fsp3) is 0.810. The highest BCUT2D eigenvalue weighted by Gasteiger charge is 2.42. The minimum absolute atomic E-state index is 0.243. The second-order valence-corrected chi connectivity index (χ2v) is 8.55. The first-order valence-corrected chi connectivity index (χ1v) is 9.44. The van der Waals surface area contributed by atoms with Gasteiger partial charge in [0.05, 0.1) is 17.8 Å². The van der Waals surface area contributed by atoms with Crippen molar-refractivity contribution >= 4 is 0 Å². The van der Waals surface area contributed by atoms with Gasteiger partial charge in [-0.15, -0.1) is 0 Å². The summed E-state index contributed by atoms with van der Waals surface area (Å²) in [6.45, 7) is 12.5. The first kappa shape index (κ1) is 19.7. The molecule has 0 spiro atoms. The summed E-state index contributed by atoms with van der Waals surface area (Å²) >= 11 is 0. The fourth-order valence-corrected chi connectivity index (χ4v) is 4.55. The van der Waals surface area contributed by atoms with Crippen LogP contribution in [0.1, 0.15) is 59.8 Å². The molecule has 0 amide bonds. The van der Waals surface area contributed by atoms with Crippen molar-refractivity contribution in [3.8, 4) is 0 Å². The van der Waals surface area contributed by atoms with Crippen LogP contribution in [0.5, 0.6) is 0 Å². The quantitative estimate of drug-likeness (QED) is 0.718. The van der Waals surface area contributed by atoms with E-state index in [-0.39, 0.29) is 17.9 Å². The van der Waals surface area contributed by atoms with Gasteiger partial charge in [0.25, 0.3) is 0 Å². The lowest BCUT2D eigenvalue weighted by molar-refractivity contribution is -0.0833. The van der Waals surface area contributed by atoms with E-state index in [1.54, 1.807) is 7.11 Å². The second kappa shape index (κ2) is 7.72. The lowest BCUT2D eigenvalue weighted by Crippen LogP contribution is -2.39. The van der Waals surface area contributed by atoms with Gasteiger partial charge in [-0.25, -0.2) is 0 Å². The summed E-state index contributed by atoms with van der Waals surface area (Å²) < 4.78 is 5.38. The number of aliphatic hydroxyl groups excluding tert-OH is 2. The van der Waals surface area contributed by atoms with Crippen molar-refractivity contribution in [1.82, 2.24) is 0 Å². The van der Waals surface area contributed by atoms with Gasteiger partial charge in [-0.2, -0.15) is 0 Å².